The Morgan fingerprint density at radius 3 is 2.12 bits per heavy atom. The Morgan fingerprint density at radius 1 is 1.35 bits per heavy atom. The normalized spacial score (nSPS) is 11.2. The highest BCUT2D eigenvalue weighted by Gasteiger charge is 2.20. The zero-order valence-corrected chi connectivity index (χ0v) is 10.7. The summed E-state index contributed by atoms with van der Waals surface area (Å²) in [4.78, 5) is 12.1. The lowest BCUT2D eigenvalue weighted by Gasteiger charge is -2.11. The molecular formula is C11H10BrFO4. The van der Waals surface area contributed by atoms with Crippen LogP contribution in [-0.2, 0) is 0 Å². The van der Waals surface area contributed by atoms with Gasteiger partial charge in [0.25, 0.3) is 0 Å². The summed E-state index contributed by atoms with van der Waals surface area (Å²) in [5.41, 5.74) is 0.0293. The molecule has 0 amide bonds. The van der Waals surface area contributed by atoms with Crippen LogP contribution in [0.5, 0.6) is 11.5 Å². The monoisotopic (exact) mass is 304 g/mol. The predicted molar refractivity (Wildman–Crippen MR) is 64.5 cm³/mol. The number of methoxy groups -OCH3 is 2. The van der Waals surface area contributed by atoms with E-state index in [0.717, 1.165) is 4.99 Å². The van der Waals surface area contributed by atoms with Gasteiger partial charge in [-0.05, 0) is 12.1 Å². The number of halogens is 2. The van der Waals surface area contributed by atoms with Crippen molar-refractivity contribution < 1.29 is 23.8 Å². The molecule has 0 saturated heterocycles. The molecular weight excluding hydrogens is 295 g/mol. The Morgan fingerprint density at radius 2 is 1.82 bits per heavy atom. The highest BCUT2D eigenvalue weighted by atomic mass is 79.9. The second-order valence-electron chi connectivity index (χ2n) is 3.02. The average molecular weight is 305 g/mol. The molecule has 0 spiro atoms. The minimum Gasteiger partial charge on any atom is -0.496 e. The van der Waals surface area contributed by atoms with Crippen LogP contribution in [0.2, 0.25) is 0 Å². The lowest BCUT2D eigenvalue weighted by Crippen LogP contribution is -2.04. The molecule has 0 heterocycles. The van der Waals surface area contributed by atoms with E-state index in [2.05, 4.69) is 15.9 Å². The lowest BCUT2D eigenvalue weighted by atomic mass is 10.1. The second-order valence-corrected chi connectivity index (χ2v) is 3.48. The fourth-order valence-electron chi connectivity index (χ4n) is 1.32. The van der Waals surface area contributed by atoms with Crippen LogP contribution in [0.25, 0.3) is 5.83 Å². The Hall–Kier alpha value is -1.56. The first-order valence-electron chi connectivity index (χ1n) is 4.50. The van der Waals surface area contributed by atoms with Crippen LogP contribution < -0.4 is 9.47 Å². The quantitative estimate of drug-likeness (QED) is 0.929. The maximum absolute atomic E-state index is 13.4. The molecule has 1 N–H and O–H groups in total. The fraction of sp³-hybridized carbons (Fsp3) is 0.182. The van der Waals surface area contributed by atoms with E-state index in [-0.39, 0.29) is 22.6 Å². The third kappa shape index (κ3) is 2.76. The summed E-state index contributed by atoms with van der Waals surface area (Å²) in [6.07, 6.45) is 0. The molecule has 0 unspecified atom stereocenters. The number of benzene rings is 1. The maximum atomic E-state index is 13.4. The molecule has 1 rings (SSSR count). The number of rotatable bonds is 4. The van der Waals surface area contributed by atoms with Gasteiger partial charge in [0.2, 0.25) is 0 Å². The highest BCUT2D eigenvalue weighted by molar-refractivity contribution is 9.11. The second kappa shape index (κ2) is 5.67. The number of hydrogen-bond donors (Lipinski definition) is 1. The molecule has 0 aromatic heterocycles. The number of carbonyl (C=O) groups is 1. The predicted octanol–water partition coefficient (Wildman–Crippen LogP) is 3.06. The van der Waals surface area contributed by atoms with Crippen molar-refractivity contribution in [1.29, 1.82) is 0 Å². The summed E-state index contributed by atoms with van der Waals surface area (Å²) < 4.78 is 23.2. The first-order valence-corrected chi connectivity index (χ1v) is 5.42. The van der Waals surface area contributed by atoms with E-state index in [9.17, 15) is 9.18 Å². The minimum absolute atomic E-state index is 0.0383. The number of ether oxygens (including phenoxy) is 2. The summed E-state index contributed by atoms with van der Waals surface area (Å²) in [6, 6.07) is 2.58. The Kier molecular flexibility index (Phi) is 4.51. The zero-order valence-electron chi connectivity index (χ0n) is 9.16. The van der Waals surface area contributed by atoms with Crippen molar-refractivity contribution >= 4 is 27.7 Å². The van der Waals surface area contributed by atoms with E-state index in [1.54, 1.807) is 0 Å². The molecule has 0 bridgehead atoms. The van der Waals surface area contributed by atoms with Crippen molar-refractivity contribution in [2.24, 2.45) is 0 Å². The highest BCUT2D eigenvalue weighted by Crippen LogP contribution is 2.33. The van der Waals surface area contributed by atoms with Crippen LogP contribution in [0.4, 0.5) is 4.39 Å². The van der Waals surface area contributed by atoms with Crippen molar-refractivity contribution in [3.05, 3.63) is 28.2 Å². The maximum Gasteiger partial charge on any atom is 0.343 e. The van der Waals surface area contributed by atoms with Gasteiger partial charge in [0.15, 0.2) is 0 Å². The molecule has 1 aromatic rings. The van der Waals surface area contributed by atoms with Gasteiger partial charge in [-0.3, -0.25) is 0 Å². The van der Waals surface area contributed by atoms with Gasteiger partial charge in [-0.2, -0.15) is 0 Å². The van der Waals surface area contributed by atoms with E-state index in [4.69, 9.17) is 14.6 Å². The minimum atomic E-state index is -1.20. The van der Waals surface area contributed by atoms with Gasteiger partial charge in [0, 0.05) is 10.5 Å². The van der Waals surface area contributed by atoms with Crippen LogP contribution >= 0.6 is 15.9 Å². The van der Waals surface area contributed by atoms with E-state index < -0.39 is 11.8 Å². The molecule has 4 nitrogen and oxygen atoms in total. The van der Waals surface area contributed by atoms with Crippen molar-refractivity contribution in [2.75, 3.05) is 14.2 Å². The standard InChI is InChI=1S/C11H10BrFO4/c1-16-8-3-6(7(13)5-12)4-9(17-2)10(8)11(14)15/h3-5H,1-2H3,(H,14,15)/b7-5-. The van der Waals surface area contributed by atoms with Crippen LogP contribution in [0.1, 0.15) is 15.9 Å². The van der Waals surface area contributed by atoms with Crippen LogP contribution in [0.3, 0.4) is 0 Å². The summed E-state index contributed by atoms with van der Waals surface area (Å²) in [5.74, 6) is -1.68. The van der Waals surface area contributed by atoms with Crippen molar-refractivity contribution in [2.45, 2.75) is 0 Å². The van der Waals surface area contributed by atoms with Crippen molar-refractivity contribution in [3.8, 4) is 11.5 Å². The van der Waals surface area contributed by atoms with E-state index in [0.29, 0.717) is 0 Å². The summed E-state index contributed by atoms with van der Waals surface area (Å²) >= 11 is 2.86. The third-order valence-corrected chi connectivity index (χ3v) is 2.49. The topological polar surface area (TPSA) is 55.8 Å². The van der Waals surface area contributed by atoms with Crippen LogP contribution in [-0.4, -0.2) is 25.3 Å². The van der Waals surface area contributed by atoms with Gasteiger partial charge in [-0.25, -0.2) is 9.18 Å². The van der Waals surface area contributed by atoms with Gasteiger partial charge >= 0.3 is 5.97 Å². The number of carboxylic acids is 1. The van der Waals surface area contributed by atoms with E-state index in [1.165, 1.54) is 26.4 Å². The fourth-order valence-corrected chi connectivity index (χ4v) is 1.59. The number of aromatic carboxylic acids is 1. The first kappa shape index (κ1) is 13.5. The average Bonchev–Trinajstić information content (AvgIpc) is 2.35. The molecule has 1 aromatic carbocycles. The Labute approximate surface area is 106 Å². The van der Waals surface area contributed by atoms with Crippen molar-refractivity contribution in [1.82, 2.24) is 0 Å². The Bertz CT molecular complexity index is 446. The zero-order chi connectivity index (χ0) is 13.0. The molecule has 0 aliphatic rings. The SMILES string of the molecule is COc1cc(/C(F)=C/Br)cc(OC)c1C(=O)O. The molecule has 0 radical (unpaired) electrons. The van der Waals surface area contributed by atoms with Gasteiger partial charge in [0.05, 0.1) is 14.2 Å². The largest absolute Gasteiger partial charge is 0.496 e. The summed E-state index contributed by atoms with van der Waals surface area (Å²) in [7, 11) is 2.61. The summed E-state index contributed by atoms with van der Waals surface area (Å²) in [5, 5.41) is 9.02. The van der Waals surface area contributed by atoms with E-state index >= 15 is 0 Å². The van der Waals surface area contributed by atoms with Crippen molar-refractivity contribution in [3.63, 3.8) is 0 Å². The molecule has 0 aliphatic carbocycles. The number of carboxylic acid groups (broad SMARTS) is 1. The van der Waals surface area contributed by atoms with Gasteiger partial charge in [-0.1, -0.05) is 15.9 Å². The molecule has 0 atom stereocenters. The first-order chi connectivity index (χ1) is 8.04. The molecule has 0 fully saturated rings. The number of hydrogen-bond acceptors (Lipinski definition) is 3. The van der Waals surface area contributed by atoms with Gasteiger partial charge < -0.3 is 14.6 Å². The van der Waals surface area contributed by atoms with Crippen LogP contribution in [0, 0.1) is 0 Å². The molecule has 6 heteroatoms. The van der Waals surface area contributed by atoms with Gasteiger partial charge in [-0.15, -0.1) is 0 Å². The van der Waals surface area contributed by atoms with Gasteiger partial charge in [0.1, 0.15) is 22.9 Å². The Balaban J connectivity index is 3.50. The summed E-state index contributed by atoms with van der Waals surface area (Å²) in [6.45, 7) is 0. The molecule has 17 heavy (non-hydrogen) atoms. The van der Waals surface area contributed by atoms with Crippen LogP contribution in [0.15, 0.2) is 17.1 Å². The molecule has 0 aliphatic heterocycles. The lowest BCUT2D eigenvalue weighted by molar-refractivity contribution is 0.0689. The smallest absolute Gasteiger partial charge is 0.343 e. The van der Waals surface area contributed by atoms with E-state index in [1.807, 2.05) is 0 Å². The molecule has 0 saturated carbocycles. The third-order valence-electron chi connectivity index (χ3n) is 2.09. The molecule has 92 valence electrons.